The van der Waals surface area contributed by atoms with E-state index in [1.54, 1.807) is 7.11 Å². The Balaban J connectivity index is 1.81. The summed E-state index contributed by atoms with van der Waals surface area (Å²) in [4.78, 5) is 0. The Morgan fingerprint density at radius 1 is 1.21 bits per heavy atom. The quantitative estimate of drug-likeness (QED) is 0.857. The third-order valence-corrected chi connectivity index (χ3v) is 3.92. The van der Waals surface area contributed by atoms with Crippen molar-refractivity contribution in [2.24, 2.45) is 11.7 Å². The number of hydrogen-bond donors (Lipinski definition) is 1. The molecule has 1 fully saturated rings. The summed E-state index contributed by atoms with van der Waals surface area (Å²) in [7, 11) is 1.68. The maximum Gasteiger partial charge on any atom is 0.123 e. The van der Waals surface area contributed by atoms with E-state index in [0.29, 0.717) is 13.2 Å². The molecule has 0 amide bonds. The van der Waals surface area contributed by atoms with Gasteiger partial charge in [-0.3, -0.25) is 0 Å². The minimum absolute atomic E-state index is 0.506. The fraction of sp³-hybridized carbons (Fsp3) is 0.625. The molecule has 19 heavy (non-hydrogen) atoms. The van der Waals surface area contributed by atoms with Crippen molar-refractivity contribution in [1.82, 2.24) is 0 Å². The fourth-order valence-electron chi connectivity index (χ4n) is 2.74. The maximum atomic E-state index is 5.85. The summed E-state index contributed by atoms with van der Waals surface area (Å²) in [6, 6.07) is 6.13. The molecule has 1 aromatic rings. The number of ether oxygens (including phenoxy) is 2. The first kappa shape index (κ1) is 14.4. The molecule has 2 N–H and O–H groups in total. The number of methoxy groups -OCH3 is 1. The molecule has 0 heterocycles. The van der Waals surface area contributed by atoms with Gasteiger partial charge in [0, 0.05) is 18.7 Å². The molecule has 1 saturated carbocycles. The zero-order valence-corrected chi connectivity index (χ0v) is 11.9. The Morgan fingerprint density at radius 2 is 2.00 bits per heavy atom. The van der Waals surface area contributed by atoms with Gasteiger partial charge in [0.1, 0.15) is 5.75 Å². The smallest absolute Gasteiger partial charge is 0.123 e. The van der Waals surface area contributed by atoms with E-state index in [4.69, 9.17) is 15.2 Å². The highest BCUT2D eigenvalue weighted by Gasteiger charge is 2.13. The van der Waals surface area contributed by atoms with Crippen LogP contribution in [0, 0.1) is 5.92 Å². The topological polar surface area (TPSA) is 44.5 Å². The summed E-state index contributed by atoms with van der Waals surface area (Å²) in [5, 5.41) is 0. The molecular weight excluding hydrogens is 238 g/mol. The van der Waals surface area contributed by atoms with Gasteiger partial charge in [0.15, 0.2) is 0 Å². The van der Waals surface area contributed by atoms with E-state index in [-0.39, 0.29) is 0 Å². The molecule has 0 radical (unpaired) electrons. The standard InChI is InChI=1S/C16H25NO2/c1-18-16-9-14(7-8-15(16)10-17)12-19-11-13-5-3-2-4-6-13/h7-9,13H,2-6,10-12,17H2,1H3. The van der Waals surface area contributed by atoms with E-state index in [9.17, 15) is 0 Å². The highest BCUT2D eigenvalue weighted by atomic mass is 16.5. The van der Waals surface area contributed by atoms with E-state index in [1.807, 2.05) is 12.1 Å². The average molecular weight is 263 g/mol. The lowest BCUT2D eigenvalue weighted by molar-refractivity contribution is 0.0738. The third kappa shape index (κ3) is 4.22. The number of hydrogen-bond acceptors (Lipinski definition) is 3. The second kappa shape index (κ2) is 7.51. The molecule has 3 nitrogen and oxygen atoms in total. The molecule has 3 heteroatoms. The first-order valence-corrected chi connectivity index (χ1v) is 7.27. The molecule has 0 spiro atoms. The van der Waals surface area contributed by atoms with Crippen molar-refractivity contribution < 1.29 is 9.47 Å². The van der Waals surface area contributed by atoms with Crippen LogP contribution in [0.15, 0.2) is 18.2 Å². The van der Waals surface area contributed by atoms with Crippen molar-refractivity contribution in [3.8, 4) is 5.75 Å². The maximum absolute atomic E-state index is 5.85. The lowest BCUT2D eigenvalue weighted by Crippen LogP contribution is -2.13. The molecule has 2 rings (SSSR count). The van der Waals surface area contributed by atoms with E-state index in [2.05, 4.69) is 6.07 Å². The summed E-state index contributed by atoms with van der Waals surface area (Å²) in [5.74, 6) is 1.63. The lowest BCUT2D eigenvalue weighted by Gasteiger charge is -2.21. The molecule has 1 aliphatic rings. The first-order chi connectivity index (χ1) is 9.33. The van der Waals surface area contributed by atoms with Crippen LogP contribution in [0.25, 0.3) is 0 Å². The van der Waals surface area contributed by atoms with Gasteiger partial charge in [0.2, 0.25) is 0 Å². The molecular formula is C16H25NO2. The number of rotatable bonds is 6. The van der Waals surface area contributed by atoms with Crippen LogP contribution in [-0.2, 0) is 17.9 Å². The minimum atomic E-state index is 0.506. The summed E-state index contributed by atoms with van der Waals surface area (Å²) in [6.45, 7) is 2.06. The molecule has 0 unspecified atom stereocenters. The first-order valence-electron chi connectivity index (χ1n) is 7.27. The molecule has 1 aromatic carbocycles. The SMILES string of the molecule is COc1cc(COCC2CCCCC2)ccc1CN. The van der Waals surface area contributed by atoms with Crippen LogP contribution in [0.2, 0.25) is 0 Å². The van der Waals surface area contributed by atoms with Crippen LogP contribution in [-0.4, -0.2) is 13.7 Å². The molecule has 0 saturated heterocycles. The van der Waals surface area contributed by atoms with E-state index in [1.165, 1.54) is 32.1 Å². The van der Waals surface area contributed by atoms with Gasteiger partial charge in [-0.15, -0.1) is 0 Å². The largest absolute Gasteiger partial charge is 0.496 e. The van der Waals surface area contributed by atoms with Crippen molar-refractivity contribution >= 4 is 0 Å². The van der Waals surface area contributed by atoms with Crippen LogP contribution in [0.4, 0.5) is 0 Å². The predicted molar refractivity (Wildman–Crippen MR) is 77.1 cm³/mol. The summed E-state index contributed by atoms with van der Waals surface area (Å²) < 4.78 is 11.2. The van der Waals surface area contributed by atoms with Gasteiger partial charge in [0.05, 0.1) is 13.7 Å². The average Bonchev–Trinajstić information content (AvgIpc) is 2.48. The third-order valence-electron chi connectivity index (χ3n) is 3.92. The van der Waals surface area contributed by atoms with Gasteiger partial charge in [-0.05, 0) is 30.4 Å². The second-order valence-electron chi connectivity index (χ2n) is 5.37. The Labute approximate surface area is 116 Å². The van der Waals surface area contributed by atoms with Gasteiger partial charge >= 0.3 is 0 Å². The number of nitrogens with two attached hydrogens (primary N) is 1. The Morgan fingerprint density at radius 3 is 2.68 bits per heavy atom. The van der Waals surface area contributed by atoms with Crippen LogP contribution in [0.3, 0.4) is 0 Å². The van der Waals surface area contributed by atoms with Crippen molar-refractivity contribution in [3.05, 3.63) is 29.3 Å². The van der Waals surface area contributed by atoms with E-state index in [0.717, 1.165) is 29.4 Å². The van der Waals surface area contributed by atoms with Gasteiger partial charge in [0.25, 0.3) is 0 Å². The highest BCUT2D eigenvalue weighted by Crippen LogP contribution is 2.24. The molecule has 0 aromatic heterocycles. The highest BCUT2D eigenvalue weighted by molar-refractivity contribution is 5.37. The Hall–Kier alpha value is -1.06. The monoisotopic (exact) mass is 263 g/mol. The zero-order chi connectivity index (χ0) is 13.5. The van der Waals surface area contributed by atoms with Crippen LogP contribution < -0.4 is 10.5 Å². The molecule has 106 valence electrons. The van der Waals surface area contributed by atoms with E-state index >= 15 is 0 Å². The molecule has 0 aliphatic heterocycles. The van der Waals surface area contributed by atoms with Gasteiger partial charge in [-0.25, -0.2) is 0 Å². The van der Waals surface area contributed by atoms with Crippen molar-refractivity contribution in [1.29, 1.82) is 0 Å². The Kier molecular flexibility index (Phi) is 5.67. The molecule has 0 atom stereocenters. The molecule has 1 aliphatic carbocycles. The zero-order valence-electron chi connectivity index (χ0n) is 11.9. The van der Waals surface area contributed by atoms with Crippen molar-refractivity contribution in [3.63, 3.8) is 0 Å². The van der Waals surface area contributed by atoms with Gasteiger partial charge in [-0.1, -0.05) is 31.4 Å². The van der Waals surface area contributed by atoms with Crippen molar-refractivity contribution in [2.75, 3.05) is 13.7 Å². The lowest BCUT2D eigenvalue weighted by atomic mass is 9.90. The van der Waals surface area contributed by atoms with E-state index < -0.39 is 0 Å². The Bertz CT molecular complexity index is 386. The summed E-state index contributed by atoms with van der Waals surface area (Å²) in [6.07, 6.45) is 6.79. The summed E-state index contributed by atoms with van der Waals surface area (Å²) >= 11 is 0. The van der Waals surface area contributed by atoms with Gasteiger partial charge in [-0.2, -0.15) is 0 Å². The minimum Gasteiger partial charge on any atom is -0.496 e. The molecule has 0 bridgehead atoms. The second-order valence-corrected chi connectivity index (χ2v) is 5.37. The van der Waals surface area contributed by atoms with Crippen LogP contribution in [0.1, 0.15) is 43.2 Å². The number of benzene rings is 1. The fourth-order valence-corrected chi connectivity index (χ4v) is 2.74. The summed E-state index contributed by atoms with van der Waals surface area (Å²) in [5.41, 5.74) is 7.86. The predicted octanol–water partition coefficient (Wildman–Crippen LogP) is 3.25. The van der Waals surface area contributed by atoms with Crippen molar-refractivity contribution in [2.45, 2.75) is 45.3 Å². The normalized spacial score (nSPS) is 16.5. The van der Waals surface area contributed by atoms with Gasteiger partial charge < -0.3 is 15.2 Å². The van der Waals surface area contributed by atoms with Crippen LogP contribution >= 0.6 is 0 Å². The van der Waals surface area contributed by atoms with Crippen LogP contribution in [0.5, 0.6) is 5.75 Å².